The third kappa shape index (κ3) is 8.81. The van der Waals surface area contributed by atoms with Crippen LogP contribution in [-0.4, -0.2) is 50.9 Å². The Balaban J connectivity index is 2.00. The molecule has 1 N–H and O–H groups in total. The van der Waals surface area contributed by atoms with Crippen molar-refractivity contribution in [3.05, 3.63) is 88.4 Å². The summed E-state index contributed by atoms with van der Waals surface area (Å²) in [4.78, 5) is 28.6. The Morgan fingerprint density at radius 1 is 1.00 bits per heavy atom. The second kappa shape index (κ2) is 15.0. The summed E-state index contributed by atoms with van der Waals surface area (Å²) >= 11 is 3.34. The summed E-state index contributed by atoms with van der Waals surface area (Å²) in [7, 11) is -4.14. The van der Waals surface area contributed by atoms with Crippen molar-refractivity contribution >= 4 is 43.5 Å². The van der Waals surface area contributed by atoms with E-state index in [-0.39, 0.29) is 17.3 Å². The molecule has 10 heteroatoms. The van der Waals surface area contributed by atoms with E-state index in [2.05, 4.69) is 21.2 Å². The van der Waals surface area contributed by atoms with Gasteiger partial charge in [0.25, 0.3) is 10.0 Å². The molecule has 1 atom stereocenters. The Morgan fingerprint density at radius 2 is 1.68 bits per heavy atom. The molecule has 0 unspecified atom stereocenters. The molecular formula is C31H38BrN3O5S. The standard InChI is InChI=1S/C31H38BrN3O5S/c1-5-7-19-33-31(37)24(4)34(21-25-10-8-9-23(3)20-25)30(36)22-35(27-13-15-28(16-14-27)40-6-2)41(38,39)29-17-11-26(32)12-18-29/h8-18,20,24H,5-7,19,21-22H2,1-4H3,(H,33,37)/t24-/m1/s1. The molecule has 0 fully saturated rings. The number of nitrogens with zero attached hydrogens (tertiary/aromatic N) is 2. The van der Waals surface area contributed by atoms with E-state index in [1.54, 1.807) is 43.3 Å². The number of aryl methyl sites for hydroxylation is 1. The average Bonchev–Trinajstić information content (AvgIpc) is 2.95. The zero-order valence-electron chi connectivity index (χ0n) is 24.0. The fourth-order valence-corrected chi connectivity index (χ4v) is 5.94. The molecular weight excluding hydrogens is 606 g/mol. The largest absolute Gasteiger partial charge is 0.494 e. The van der Waals surface area contributed by atoms with E-state index in [4.69, 9.17) is 4.74 Å². The fourth-order valence-electron chi connectivity index (χ4n) is 4.26. The van der Waals surface area contributed by atoms with Crippen LogP contribution in [0, 0.1) is 6.92 Å². The highest BCUT2D eigenvalue weighted by molar-refractivity contribution is 9.10. The van der Waals surface area contributed by atoms with Crippen LogP contribution in [0.25, 0.3) is 0 Å². The van der Waals surface area contributed by atoms with Crippen LogP contribution in [-0.2, 0) is 26.2 Å². The molecule has 0 heterocycles. The number of unbranched alkanes of at least 4 members (excludes halogenated alkanes) is 1. The highest BCUT2D eigenvalue weighted by Gasteiger charge is 2.32. The van der Waals surface area contributed by atoms with E-state index in [1.165, 1.54) is 17.0 Å². The lowest BCUT2D eigenvalue weighted by molar-refractivity contribution is -0.139. The van der Waals surface area contributed by atoms with Crippen LogP contribution >= 0.6 is 15.9 Å². The summed E-state index contributed by atoms with van der Waals surface area (Å²) in [6.45, 7) is 8.13. The predicted molar refractivity (Wildman–Crippen MR) is 165 cm³/mol. The molecule has 0 aromatic heterocycles. The number of sulfonamides is 1. The van der Waals surface area contributed by atoms with Gasteiger partial charge in [0.15, 0.2) is 0 Å². The number of carbonyl (C=O) groups excluding carboxylic acids is 2. The van der Waals surface area contributed by atoms with Crippen molar-refractivity contribution in [2.24, 2.45) is 0 Å². The third-order valence-corrected chi connectivity index (χ3v) is 8.87. The van der Waals surface area contributed by atoms with Gasteiger partial charge in [-0.3, -0.25) is 13.9 Å². The quantitative estimate of drug-likeness (QED) is 0.228. The highest BCUT2D eigenvalue weighted by atomic mass is 79.9. The molecule has 3 aromatic rings. The minimum absolute atomic E-state index is 0.0398. The molecule has 41 heavy (non-hydrogen) atoms. The molecule has 0 radical (unpaired) electrons. The van der Waals surface area contributed by atoms with Crippen LogP contribution in [0.15, 0.2) is 82.2 Å². The van der Waals surface area contributed by atoms with Gasteiger partial charge >= 0.3 is 0 Å². The number of hydrogen-bond donors (Lipinski definition) is 1. The summed E-state index contributed by atoms with van der Waals surface area (Å²) in [5.41, 5.74) is 2.17. The third-order valence-electron chi connectivity index (χ3n) is 6.55. The van der Waals surface area contributed by atoms with Gasteiger partial charge in [-0.25, -0.2) is 8.42 Å². The van der Waals surface area contributed by atoms with E-state index in [0.717, 1.165) is 32.7 Å². The zero-order chi connectivity index (χ0) is 30.0. The Labute approximate surface area is 251 Å². The molecule has 0 aliphatic carbocycles. The first kappa shape index (κ1) is 32.1. The maximum atomic E-state index is 14.0. The molecule has 0 spiro atoms. The molecule has 0 saturated heterocycles. The van der Waals surface area contributed by atoms with Gasteiger partial charge in [-0.2, -0.15) is 0 Å². The summed E-state index contributed by atoms with van der Waals surface area (Å²) in [6, 6.07) is 19.7. The van der Waals surface area contributed by atoms with Gasteiger partial charge in [0.1, 0.15) is 18.3 Å². The second-order valence-electron chi connectivity index (χ2n) is 9.72. The van der Waals surface area contributed by atoms with Crippen molar-refractivity contribution in [2.45, 2.75) is 58.0 Å². The first-order valence-electron chi connectivity index (χ1n) is 13.7. The molecule has 2 amide bonds. The number of anilines is 1. The lowest BCUT2D eigenvalue weighted by Crippen LogP contribution is -2.51. The van der Waals surface area contributed by atoms with Crippen LogP contribution in [0.5, 0.6) is 5.75 Å². The summed E-state index contributed by atoms with van der Waals surface area (Å²) < 4.78 is 35.2. The first-order valence-corrected chi connectivity index (χ1v) is 15.9. The molecule has 0 bridgehead atoms. The molecule has 0 aliphatic heterocycles. The van der Waals surface area contributed by atoms with E-state index in [9.17, 15) is 18.0 Å². The molecule has 220 valence electrons. The molecule has 8 nitrogen and oxygen atoms in total. The maximum absolute atomic E-state index is 14.0. The lowest BCUT2D eigenvalue weighted by Gasteiger charge is -2.32. The number of ether oxygens (including phenoxy) is 1. The van der Waals surface area contributed by atoms with E-state index in [1.807, 2.05) is 45.0 Å². The van der Waals surface area contributed by atoms with Gasteiger partial charge in [0.05, 0.1) is 17.2 Å². The van der Waals surface area contributed by atoms with Gasteiger partial charge in [-0.1, -0.05) is 59.1 Å². The minimum atomic E-state index is -4.14. The number of nitrogens with one attached hydrogen (secondary N) is 1. The van der Waals surface area contributed by atoms with Crippen LogP contribution in [0.2, 0.25) is 0 Å². The van der Waals surface area contributed by atoms with E-state index >= 15 is 0 Å². The van der Waals surface area contributed by atoms with Crippen molar-refractivity contribution in [3.63, 3.8) is 0 Å². The second-order valence-corrected chi connectivity index (χ2v) is 12.5. The van der Waals surface area contributed by atoms with Crippen LogP contribution in [0.4, 0.5) is 5.69 Å². The number of rotatable bonds is 14. The molecule has 0 saturated carbocycles. The summed E-state index contributed by atoms with van der Waals surface area (Å²) in [5.74, 6) is -0.205. The monoisotopic (exact) mass is 643 g/mol. The Kier molecular flexibility index (Phi) is 11.8. The predicted octanol–water partition coefficient (Wildman–Crippen LogP) is 5.69. The van der Waals surface area contributed by atoms with Gasteiger partial charge in [-0.05, 0) is 81.3 Å². The molecule has 3 aromatic carbocycles. The molecule has 0 aliphatic rings. The highest BCUT2D eigenvalue weighted by Crippen LogP contribution is 2.27. The van der Waals surface area contributed by atoms with Crippen LogP contribution in [0.1, 0.15) is 44.7 Å². The smallest absolute Gasteiger partial charge is 0.264 e. The SMILES string of the molecule is CCCCNC(=O)[C@@H](C)N(Cc1cccc(C)c1)C(=O)CN(c1ccc(OCC)cc1)S(=O)(=O)c1ccc(Br)cc1. The van der Waals surface area contributed by atoms with Crippen molar-refractivity contribution in [1.29, 1.82) is 0 Å². The maximum Gasteiger partial charge on any atom is 0.264 e. The normalized spacial score (nSPS) is 11.9. The van der Waals surface area contributed by atoms with Crippen LogP contribution < -0.4 is 14.4 Å². The number of hydrogen-bond acceptors (Lipinski definition) is 5. The average molecular weight is 645 g/mol. The Bertz CT molecular complexity index is 1410. The van der Waals surface area contributed by atoms with Crippen molar-refractivity contribution in [3.8, 4) is 5.75 Å². The van der Waals surface area contributed by atoms with Crippen LogP contribution in [0.3, 0.4) is 0 Å². The van der Waals surface area contributed by atoms with Gasteiger partial charge in [0.2, 0.25) is 11.8 Å². The molecule has 3 rings (SSSR count). The lowest BCUT2D eigenvalue weighted by atomic mass is 10.1. The minimum Gasteiger partial charge on any atom is -0.494 e. The Morgan fingerprint density at radius 3 is 2.29 bits per heavy atom. The van der Waals surface area contributed by atoms with Crippen molar-refractivity contribution in [2.75, 3.05) is 24.0 Å². The van der Waals surface area contributed by atoms with Gasteiger partial charge in [-0.15, -0.1) is 0 Å². The topological polar surface area (TPSA) is 96.0 Å². The van der Waals surface area contributed by atoms with E-state index in [0.29, 0.717) is 24.6 Å². The number of amides is 2. The van der Waals surface area contributed by atoms with Gasteiger partial charge in [0, 0.05) is 17.6 Å². The number of halogens is 1. The summed E-state index contributed by atoms with van der Waals surface area (Å²) in [6.07, 6.45) is 1.74. The Hall–Kier alpha value is -3.37. The van der Waals surface area contributed by atoms with Gasteiger partial charge < -0.3 is 15.0 Å². The first-order chi connectivity index (χ1) is 19.6. The zero-order valence-corrected chi connectivity index (χ0v) is 26.4. The number of carbonyl (C=O) groups is 2. The fraction of sp³-hybridized carbons (Fsp3) is 0.355. The van der Waals surface area contributed by atoms with Crippen molar-refractivity contribution < 1.29 is 22.7 Å². The number of benzene rings is 3. The summed E-state index contributed by atoms with van der Waals surface area (Å²) in [5, 5.41) is 2.90. The van der Waals surface area contributed by atoms with Crippen molar-refractivity contribution in [1.82, 2.24) is 10.2 Å². The van der Waals surface area contributed by atoms with E-state index < -0.39 is 28.5 Å².